The van der Waals surface area contributed by atoms with Crippen molar-refractivity contribution in [1.82, 2.24) is 15.0 Å². The predicted octanol–water partition coefficient (Wildman–Crippen LogP) is 1.48. The summed E-state index contributed by atoms with van der Waals surface area (Å²) in [6.45, 7) is 0.715. The Morgan fingerprint density at radius 3 is 2.43 bits per heavy atom. The van der Waals surface area contributed by atoms with Crippen LogP contribution in [0.5, 0.6) is 0 Å². The summed E-state index contributed by atoms with van der Waals surface area (Å²) >= 11 is 0. The standard InChI is InChI=1S/C10H10N4/c1-4-12-10(13-5-1)14-8-9-2-6-11-7-3-9/h1-7H,8H2,(H,12,13,14). The second kappa shape index (κ2) is 4.32. The molecule has 0 saturated heterocycles. The highest BCUT2D eigenvalue weighted by molar-refractivity contribution is 5.25. The van der Waals surface area contributed by atoms with E-state index in [0.717, 1.165) is 5.56 Å². The van der Waals surface area contributed by atoms with E-state index in [0.29, 0.717) is 12.5 Å². The van der Waals surface area contributed by atoms with Gasteiger partial charge >= 0.3 is 0 Å². The molecule has 0 aliphatic rings. The van der Waals surface area contributed by atoms with Crippen molar-refractivity contribution in [2.24, 2.45) is 0 Å². The van der Waals surface area contributed by atoms with E-state index >= 15 is 0 Å². The minimum Gasteiger partial charge on any atom is -0.350 e. The quantitative estimate of drug-likeness (QED) is 0.788. The van der Waals surface area contributed by atoms with Gasteiger partial charge in [0.15, 0.2) is 0 Å². The van der Waals surface area contributed by atoms with Crippen LogP contribution in [-0.2, 0) is 6.54 Å². The van der Waals surface area contributed by atoms with Gasteiger partial charge in [0.2, 0.25) is 5.95 Å². The summed E-state index contributed by atoms with van der Waals surface area (Å²) < 4.78 is 0. The van der Waals surface area contributed by atoms with E-state index in [4.69, 9.17) is 0 Å². The lowest BCUT2D eigenvalue weighted by molar-refractivity contribution is 1.05. The number of pyridine rings is 1. The average Bonchev–Trinajstić information content (AvgIpc) is 2.29. The molecule has 0 saturated carbocycles. The molecule has 0 radical (unpaired) electrons. The van der Waals surface area contributed by atoms with Gasteiger partial charge in [-0.25, -0.2) is 9.97 Å². The lowest BCUT2D eigenvalue weighted by Gasteiger charge is -2.02. The summed E-state index contributed by atoms with van der Waals surface area (Å²) in [4.78, 5) is 12.1. The van der Waals surface area contributed by atoms with Crippen molar-refractivity contribution in [3.8, 4) is 0 Å². The Balaban J connectivity index is 1.96. The SMILES string of the molecule is c1cnc(NCc2ccncc2)nc1. The largest absolute Gasteiger partial charge is 0.350 e. The molecule has 0 bridgehead atoms. The second-order valence-electron chi connectivity index (χ2n) is 2.78. The monoisotopic (exact) mass is 186 g/mol. The van der Waals surface area contributed by atoms with E-state index in [1.165, 1.54) is 0 Å². The number of rotatable bonds is 3. The molecule has 1 N–H and O–H groups in total. The van der Waals surface area contributed by atoms with Gasteiger partial charge in [0.1, 0.15) is 0 Å². The molecule has 0 amide bonds. The van der Waals surface area contributed by atoms with Gasteiger partial charge in [-0.1, -0.05) is 0 Å². The molecule has 4 heteroatoms. The van der Waals surface area contributed by atoms with Crippen molar-refractivity contribution in [2.45, 2.75) is 6.54 Å². The van der Waals surface area contributed by atoms with E-state index in [9.17, 15) is 0 Å². The van der Waals surface area contributed by atoms with Crippen LogP contribution in [0, 0.1) is 0 Å². The molecule has 2 aromatic heterocycles. The number of anilines is 1. The summed E-state index contributed by atoms with van der Waals surface area (Å²) in [6, 6.07) is 5.70. The molecule has 0 spiro atoms. The van der Waals surface area contributed by atoms with Crippen molar-refractivity contribution in [1.29, 1.82) is 0 Å². The third kappa shape index (κ3) is 2.26. The van der Waals surface area contributed by atoms with Gasteiger partial charge in [-0.2, -0.15) is 0 Å². The molecule has 2 heterocycles. The van der Waals surface area contributed by atoms with E-state index in [1.807, 2.05) is 12.1 Å². The zero-order chi connectivity index (χ0) is 9.64. The molecule has 0 unspecified atom stereocenters. The van der Waals surface area contributed by atoms with Crippen LogP contribution in [0.25, 0.3) is 0 Å². The summed E-state index contributed by atoms with van der Waals surface area (Å²) in [5, 5.41) is 3.11. The Kier molecular flexibility index (Phi) is 2.66. The number of nitrogens with one attached hydrogen (secondary N) is 1. The predicted molar refractivity (Wildman–Crippen MR) is 53.6 cm³/mol. The van der Waals surface area contributed by atoms with Crippen molar-refractivity contribution >= 4 is 5.95 Å². The van der Waals surface area contributed by atoms with Crippen molar-refractivity contribution in [3.63, 3.8) is 0 Å². The molecule has 4 nitrogen and oxygen atoms in total. The Bertz CT molecular complexity index is 334. The maximum atomic E-state index is 4.06. The normalized spacial score (nSPS) is 9.71. The highest BCUT2D eigenvalue weighted by Gasteiger charge is 1.93. The fourth-order valence-corrected chi connectivity index (χ4v) is 1.07. The van der Waals surface area contributed by atoms with Crippen LogP contribution >= 0.6 is 0 Å². The van der Waals surface area contributed by atoms with Crippen LogP contribution in [0.15, 0.2) is 43.0 Å². The molecular weight excluding hydrogens is 176 g/mol. The second-order valence-corrected chi connectivity index (χ2v) is 2.78. The Morgan fingerprint density at radius 1 is 1.00 bits per heavy atom. The molecular formula is C10H10N4. The number of hydrogen-bond donors (Lipinski definition) is 1. The first kappa shape index (κ1) is 8.62. The summed E-state index contributed by atoms with van der Waals surface area (Å²) in [7, 11) is 0. The minimum absolute atomic E-state index is 0.643. The zero-order valence-electron chi connectivity index (χ0n) is 7.59. The van der Waals surface area contributed by atoms with Gasteiger partial charge in [-0.15, -0.1) is 0 Å². The fourth-order valence-electron chi connectivity index (χ4n) is 1.07. The topological polar surface area (TPSA) is 50.7 Å². The van der Waals surface area contributed by atoms with Gasteiger partial charge in [0, 0.05) is 31.3 Å². The zero-order valence-corrected chi connectivity index (χ0v) is 7.59. The fraction of sp³-hybridized carbons (Fsp3) is 0.100. The van der Waals surface area contributed by atoms with E-state index in [2.05, 4.69) is 20.3 Å². The first-order chi connectivity index (χ1) is 6.95. The van der Waals surface area contributed by atoms with Gasteiger partial charge in [-0.05, 0) is 23.8 Å². The molecule has 2 aromatic rings. The first-order valence-corrected chi connectivity index (χ1v) is 4.35. The Morgan fingerprint density at radius 2 is 1.71 bits per heavy atom. The van der Waals surface area contributed by atoms with E-state index in [1.54, 1.807) is 30.9 Å². The maximum Gasteiger partial charge on any atom is 0.222 e. The summed E-state index contributed by atoms with van der Waals surface area (Å²) in [5.41, 5.74) is 1.16. The molecule has 0 atom stereocenters. The molecule has 0 fully saturated rings. The van der Waals surface area contributed by atoms with Crippen molar-refractivity contribution in [3.05, 3.63) is 48.5 Å². The van der Waals surface area contributed by atoms with Gasteiger partial charge < -0.3 is 5.32 Å². The Hall–Kier alpha value is -1.97. The third-order valence-corrected chi connectivity index (χ3v) is 1.77. The van der Waals surface area contributed by atoms with Crippen LogP contribution in [0.2, 0.25) is 0 Å². The minimum atomic E-state index is 0.643. The molecule has 0 aromatic carbocycles. The molecule has 0 aliphatic carbocycles. The summed E-state index contributed by atoms with van der Waals surface area (Å²) in [6.07, 6.45) is 6.95. The molecule has 2 rings (SSSR count). The molecule has 0 aliphatic heterocycles. The van der Waals surface area contributed by atoms with Crippen LogP contribution in [0.3, 0.4) is 0 Å². The smallest absolute Gasteiger partial charge is 0.222 e. The Labute approximate surface area is 82.1 Å². The molecule has 70 valence electrons. The van der Waals surface area contributed by atoms with Crippen molar-refractivity contribution in [2.75, 3.05) is 5.32 Å². The number of hydrogen-bond acceptors (Lipinski definition) is 4. The van der Waals surface area contributed by atoms with E-state index in [-0.39, 0.29) is 0 Å². The van der Waals surface area contributed by atoms with Crippen LogP contribution in [0.1, 0.15) is 5.56 Å². The molecule has 14 heavy (non-hydrogen) atoms. The third-order valence-electron chi connectivity index (χ3n) is 1.77. The van der Waals surface area contributed by atoms with Crippen LogP contribution < -0.4 is 5.32 Å². The number of aromatic nitrogens is 3. The van der Waals surface area contributed by atoms with Crippen molar-refractivity contribution < 1.29 is 0 Å². The van der Waals surface area contributed by atoms with Gasteiger partial charge in [-0.3, -0.25) is 4.98 Å². The van der Waals surface area contributed by atoms with Gasteiger partial charge in [0.05, 0.1) is 0 Å². The highest BCUT2D eigenvalue weighted by Crippen LogP contribution is 2.00. The average molecular weight is 186 g/mol. The maximum absolute atomic E-state index is 4.06. The number of nitrogens with zero attached hydrogens (tertiary/aromatic N) is 3. The first-order valence-electron chi connectivity index (χ1n) is 4.35. The highest BCUT2D eigenvalue weighted by atomic mass is 15.1. The van der Waals surface area contributed by atoms with E-state index < -0.39 is 0 Å². The summed E-state index contributed by atoms with van der Waals surface area (Å²) in [5.74, 6) is 0.643. The van der Waals surface area contributed by atoms with Crippen LogP contribution in [0.4, 0.5) is 5.95 Å². The lowest BCUT2D eigenvalue weighted by atomic mass is 10.3. The van der Waals surface area contributed by atoms with Gasteiger partial charge in [0.25, 0.3) is 0 Å². The van der Waals surface area contributed by atoms with Crippen LogP contribution in [-0.4, -0.2) is 15.0 Å². The lowest BCUT2D eigenvalue weighted by Crippen LogP contribution is -2.02.